The summed E-state index contributed by atoms with van der Waals surface area (Å²) in [6.07, 6.45) is 0. The highest BCUT2D eigenvalue weighted by Crippen LogP contribution is 2.42. The Morgan fingerprint density at radius 1 is 0.441 bits per heavy atom. The summed E-state index contributed by atoms with van der Waals surface area (Å²) in [5, 5.41) is 35.2. The van der Waals surface area contributed by atoms with Crippen molar-refractivity contribution in [3.63, 3.8) is 0 Å². The van der Waals surface area contributed by atoms with E-state index in [1.807, 2.05) is 91.9 Å². The predicted octanol–water partition coefficient (Wildman–Crippen LogP) is 13.4. The van der Waals surface area contributed by atoms with E-state index < -0.39 is 0 Å². The molecule has 6 heteroatoms. The summed E-state index contributed by atoms with van der Waals surface area (Å²) in [6.45, 7) is 9.62. The van der Waals surface area contributed by atoms with Gasteiger partial charge in [0.15, 0.2) is 5.69 Å². The van der Waals surface area contributed by atoms with Gasteiger partial charge in [-0.1, -0.05) is 97.1 Å². The molecule has 0 spiro atoms. The smallest absolute Gasteiger partial charge is 0.187 e. The van der Waals surface area contributed by atoms with Gasteiger partial charge in [0.2, 0.25) is 0 Å². The minimum absolute atomic E-state index is 0.475. The minimum atomic E-state index is 0.475. The summed E-state index contributed by atoms with van der Waals surface area (Å²) in [5.41, 5.74) is 13.9. The Bertz CT molecular complexity index is 3570. The number of benzene rings is 8. The van der Waals surface area contributed by atoms with E-state index in [-0.39, 0.29) is 0 Å². The minimum Gasteiger partial charge on any atom is -0.309 e. The molecular weight excluding hydrogens is 721 g/mol. The number of fused-ring (bicyclic) bond motifs is 6. The zero-order chi connectivity index (χ0) is 40.2. The number of para-hydroxylation sites is 2. The van der Waals surface area contributed by atoms with Crippen LogP contribution in [0.25, 0.3) is 93.2 Å². The van der Waals surface area contributed by atoms with Crippen LogP contribution < -0.4 is 0 Å². The highest BCUT2D eigenvalue weighted by molar-refractivity contribution is 6.12. The van der Waals surface area contributed by atoms with Crippen LogP contribution in [0.2, 0.25) is 0 Å². The first-order chi connectivity index (χ1) is 29.0. The lowest BCUT2D eigenvalue weighted by Gasteiger charge is -2.19. The van der Waals surface area contributed by atoms with Gasteiger partial charge in [-0.2, -0.15) is 15.8 Å². The van der Waals surface area contributed by atoms with Crippen LogP contribution in [0.3, 0.4) is 0 Å². The van der Waals surface area contributed by atoms with Crippen molar-refractivity contribution in [3.05, 3.63) is 197 Å². The zero-order valence-electron chi connectivity index (χ0n) is 31.8. The Morgan fingerprint density at radius 2 is 1.00 bits per heavy atom. The maximum Gasteiger partial charge on any atom is 0.187 e. The fourth-order valence-corrected chi connectivity index (χ4v) is 8.61. The second-order valence-corrected chi connectivity index (χ2v) is 14.7. The summed E-state index contributed by atoms with van der Waals surface area (Å²) < 4.78 is 4.40. The van der Waals surface area contributed by atoms with E-state index in [9.17, 15) is 15.8 Å². The Morgan fingerprint density at radius 3 is 1.63 bits per heavy atom. The molecule has 0 radical (unpaired) electrons. The van der Waals surface area contributed by atoms with Gasteiger partial charge in [-0.3, -0.25) is 0 Å². The molecule has 10 aromatic rings. The van der Waals surface area contributed by atoms with E-state index in [0.717, 1.165) is 88.2 Å². The Hall–Kier alpha value is -8.68. The van der Waals surface area contributed by atoms with Gasteiger partial charge in [0.1, 0.15) is 6.07 Å². The van der Waals surface area contributed by atoms with E-state index in [2.05, 4.69) is 105 Å². The molecule has 2 heterocycles. The number of hydrogen-bond donors (Lipinski definition) is 0. The molecule has 0 unspecified atom stereocenters. The second-order valence-electron chi connectivity index (χ2n) is 14.7. The van der Waals surface area contributed by atoms with Crippen LogP contribution in [-0.2, 0) is 0 Å². The van der Waals surface area contributed by atoms with Gasteiger partial charge in [0.25, 0.3) is 0 Å². The van der Waals surface area contributed by atoms with E-state index >= 15 is 0 Å². The first-order valence-electron chi connectivity index (χ1n) is 19.1. The van der Waals surface area contributed by atoms with Crippen LogP contribution in [0.4, 0.5) is 5.69 Å². The monoisotopic (exact) mass is 750 g/mol. The maximum absolute atomic E-state index is 11.2. The average Bonchev–Trinajstić information content (AvgIpc) is 3.80. The molecule has 0 saturated carbocycles. The second kappa shape index (κ2) is 13.8. The van der Waals surface area contributed by atoms with Crippen LogP contribution in [0.1, 0.15) is 22.3 Å². The molecule has 0 atom stereocenters. The number of hydrogen-bond acceptors (Lipinski definition) is 3. The highest BCUT2D eigenvalue weighted by Gasteiger charge is 2.23. The third-order valence-electron chi connectivity index (χ3n) is 11.2. The first-order valence-corrected chi connectivity index (χ1v) is 19.1. The number of rotatable bonds is 5. The van der Waals surface area contributed by atoms with E-state index in [1.54, 1.807) is 6.07 Å². The molecule has 0 bridgehead atoms. The molecule has 0 amide bonds. The van der Waals surface area contributed by atoms with Crippen LogP contribution >= 0.6 is 0 Å². The number of nitriles is 3. The molecule has 10 rings (SSSR count). The van der Waals surface area contributed by atoms with Crippen molar-refractivity contribution in [2.24, 2.45) is 0 Å². The van der Waals surface area contributed by atoms with Crippen molar-refractivity contribution in [3.8, 4) is 63.0 Å². The molecule has 8 aromatic carbocycles. The van der Waals surface area contributed by atoms with Crippen LogP contribution in [0, 0.1) is 47.5 Å². The fourth-order valence-electron chi connectivity index (χ4n) is 8.61. The van der Waals surface area contributed by atoms with Crippen molar-refractivity contribution < 1.29 is 0 Å². The largest absolute Gasteiger partial charge is 0.309 e. The SMILES string of the molecule is [C-]#[N+]c1cccc(-c2ccc3c4ccccc4n(-c4cc(C#N)c(-n5c6ccccc6c6ccc(-c7cccc(C#N)c7)cc65)cc4-c4cc(C)cc(C#N)c4)c3c2)c1. The lowest BCUT2D eigenvalue weighted by atomic mass is 9.96. The van der Waals surface area contributed by atoms with E-state index in [4.69, 9.17) is 6.57 Å². The molecule has 0 aliphatic carbocycles. The van der Waals surface area contributed by atoms with Crippen LogP contribution in [0.5, 0.6) is 0 Å². The molecule has 6 nitrogen and oxygen atoms in total. The number of nitrogens with zero attached hydrogens (tertiary/aromatic N) is 6. The molecular formula is C53H30N6. The fraction of sp³-hybridized carbons (Fsp3) is 0.0189. The lowest BCUT2D eigenvalue weighted by molar-refractivity contribution is 1.13. The Kier molecular flexibility index (Phi) is 8.14. The van der Waals surface area contributed by atoms with Crippen molar-refractivity contribution >= 4 is 49.3 Å². The van der Waals surface area contributed by atoms with Gasteiger partial charge in [-0.05, 0) is 107 Å². The normalized spacial score (nSPS) is 11.1. The van der Waals surface area contributed by atoms with Crippen molar-refractivity contribution in [1.82, 2.24) is 9.13 Å². The molecule has 0 aliphatic rings. The lowest BCUT2D eigenvalue weighted by Crippen LogP contribution is -2.04. The van der Waals surface area contributed by atoms with Gasteiger partial charge < -0.3 is 9.13 Å². The summed E-state index contributed by atoms with van der Waals surface area (Å²) in [4.78, 5) is 3.68. The molecule has 0 N–H and O–H groups in total. The number of aryl methyl sites for hydroxylation is 1. The predicted molar refractivity (Wildman–Crippen MR) is 237 cm³/mol. The number of aromatic nitrogens is 2. The Labute approximate surface area is 340 Å². The molecule has 2 aromatic heterocycles. The van der Waals surface area contributed by atoms with Gasteiger partial charge in [-0.25, -0.2) is 4.85 Å². The first kappa shape index (κ1) is 34.8. The molecule has 0 aliphatic heterocycles. The van der Waals surface area contributed by atoms with Gasteiger partial charge in [0, 0.05) is 27.1 Å². The van der Waals surface area contributed by atoms with Gasteiger partial charge in [-0.15, -0.1) is 0 Å². The van der Waals surface area contributed by atoms with E-state index in [0.29, 0.717) is 28.1 Å². The quantitative estimate of drug-likeness (QED) is 0.164. The van der Waals surface area contributed by atoms with Crippen LogP contribution in [0.15, 0.2) is 164 Å². The molecule has 0 saturated heterocycles. The van der Waals surface area contributed by atoms with Gasteiger partial charge in [0.05, 0.1) is 68.8 Å². The summed E-state index contributed by atoms with van der Waals surface area (Å²) in [6, 6.07) is 61.7. The van der Waals surface area contributed by atoms with Crippen molar-refractivity contribution in [2.45, 2.75) is 6.92 Å². The Balaban J connectivity index is 1.31. The maximum atomic E-state index is 11.2. The van der Waals surface area contributed by atoms with E-state index in [1.165, 1.54) is 0 Å². The third kappa shape index (κ3) is 5.69. The molecule has 272 valence electrons. The topological polar surface area (TPSA) is 85.6 Å². The third-order valence-corrected chi connectivity index (χ3v) is 11.2. The highest BCUT2D eigenvalue weighted by atomic mass is 15.0. The van der Waals surface area contributed by atoms with Crippen molar-refractivity contribution in [1.29, 1.82) is 15.8 Å². The molecule has 0 fully saturated rings. The standard InChI is InChI=1S/C53H30N6/c1-33-21-35(31-55)24-40(22-33)47-29-50(58-48-15-5-3-13-43(48)45-19-17-38(26-51(45)58)36-10-7-9-34(23-36)30-54)41(32-56)28-53(47)59-49-16-6-4-14-44(49)46-20-18-39(27-52(46)59)37-11-8-12-42(25-37)57-2/h3-29H,1H3. The summed E-state index contributed by atoms with van der Waals surface area (Å²) in [5.74, 6) is 0. The molecule has 59 heavy (non-hydrogen) atoms. The zero-order valence-corrected chi connectivity index (χ0v) is 31.8. The van der Waals surface area contributed by atoms with Crippen molar-refractivity contribution in [2.75, 3.05) is 0 Å². The average molecular weight is 751 g/mol. The summed E-state index contributed by atoms with van der Waals surface area (Å²) >= 11 is 0. The summed E-state index contributed by atoms with van der Waals surface area (Å²) in [7, 11) is 0. The van der Waals surface area contributed by atoms with Gasteiger partial charge >= 0.3 is 0 Å². The van der Waals surface area contributed by atoms with Crippen LogP contribution in [-0.4, -0.2) is 9.13 Å².